The Hall–Kier alpha value is -3.40. The maximum atomic E-state index is 13.3. The maximum absolute atomic E-state index is 13.3. The topological polar surface area (TPSA) is 101 Å². The van der Waals surface area contributed by atoms with Crippen molar-refractivity contribution in [2.45, 2.75) is 58.9 Å². The Kier molecular flexibility index (Phi) is 4.58. The highest BCUT2D eigenvalue weighted by molar-refractivity contribution is 6.01. The molecule has 1 aromatic carbocycles. The van der Waals surface area contributed by atoms with Crippen molar-refractivity contribution in [2.24, 2.45) is 5.41 Å². The van der Waals surface area contributed by atoms with Crippen LogP contribution in [0.2, 0.25) is 0 Å². The number of aromatic nitrogens is 1. The molecule has 7 nitrogen and oxygen atoms in total. The molecule has 1 atom stereocenters. The molecule has 0 spiro atoms. The Labute approximate surface area is 181 Å². The number of non-ortho nitro benzene ring substituents is 1. The quantitative estimate of drug-likeness (QED) is 0.532. The van der Waals surface area contributed by atoms with E-state index in [1.54, 1.807) is 12.1 Å². The Morgan fingerprint density at radius 2 is 1.87 bits per heavy atom. The molecule has 2 aromatic rings. The van der Waals surface area contributed by atoms with Crippen molar-refractivity contribution in [3.8, 4) is 6.07 Å². The second-order valence-corrected chi connectivity index (χ2v) is 10.2. The van der Waals surface area contributed by atoms with Gasteiger partial charge in [0.25, 0.3) is 5.69 Å². The minimum Gasteiger partial charge on any atom is -0.344 e. The summed E-state index contributed by atoms with van der Waals surface area (Å²) in [5, 5.41) is 24.6. The summed E-state index contributed by atoms with van der Waals surface area (Å²) in [7, 11) is 0. The van der Waals surface area contributed by atoms with Crippen LogP contribution in [0.5, 0.6) is 0 Å². The molecule has 7 heteroatoms. The highest BCUT2D eigenvalue weighted by Gasteiger charge is 2.43. The van der Waals surface area contributed by atoms with Gasteiger partial charge >= 0.3 is 0 Å². The van der Waals surface area contributed by atoms with Gasteiger partial charge in [-0.3, -0.25) is 14.9 Å². The number of nitriles is 1. The SMILES string of the molecule is CC1(C)CC(=O)C2=C(C1)Nc1c(c(C#N)cn1C(C)(C)C)[C@@H]2c1ccc([N+](=O)[O-])cc1. The molecule has 160 valence electrons. The molecule has 1 aliphatic carbocycles. The molecule has 4 rings (SSSR count). The molecule has 2 aliphatic rings. The lowest BCUT2D eigenvalue weighted by Crippen LogP contribution is -2.35. The molecular formula is C24H26N4O3. The zero-order valence-electron chi connectivity index (χ0n) is 18.4. The van der Waals surface area contributed by atoms with Crippen molar-refractivity contribution < 1.29 is 9.72 Å². The van der Waals surface area contributed by atoms with E-state index in [1.165, 1.54) is 12.1 Å². The van der Waals surface area contributed by atoms with Crippen molar-refractivity contribution in [1.82, 2.24) is 4.57 Å². The third-order valence-corrected chi connectivity index (χ3v) is 6.09. The number of nitrogens with zero attached hydrogens (tertiary/aromatic N) is 3. The van der Waals surface area contributed by atoms with Gasteiger partial charge < -0.3 is 9.88 Å². The van der Waals surface area contributed by atoms with E-state index in [-0.39, 0.29) is 22.4 Å². The number of Topliss-reactive ketones (excluding diaryl/α,β-unsaturated/α-hetero) is 1. The molecular weight excluding hydrogens is 392 g/mol. The monoisotopic (exact) mass is 418 g/mol. The lowest BCUT2D eigenvalue weighted by Gasteiger charge is -2.40. The van der Waals surface area contributed by atoms with Gasteiger partial charge in [-0.1, -0.05) is 26.0 Å². The number of allylic oxidation sites excluding steroid dienone is 2. The Morgan fingerprint density at radius 3 is 2.42 bits per heavy atom. The summed E-state index contributed by atoms with van der Waals surface area (Å²) >= 11 is 0. The minimum atomic E-state index is -0.437. The number of nitro benzene ring substituents is 1. The fourth-order valence-corrected chi connectivity index (χ4v) is 4.75. The summed E-state index contributed by atoms with van der Waals surface area (Å²) in [6, 6.07) is 8.62. The minimum absolute atomic E-state index is 0.00372. The molecule has 0 unspecified atom stereocenters. The van der Waals surface area contributed by atoms with E-state index in [0.29, 0.717) is 24.0 Å². The molecule has 31 heavy (non-hydrogen) atoms. The van der Waals surface area contributed by atoms with Gasteiger partial charge in [-0.05, 0) is 38.2 Å². The van der Waals surface area contributed by atoms with Crippen molar-refractivity contribution in [3.05, 3.63) is 68.5 Å². The summed E-state index contributed by atoms with van der Waals surface area (Å²) in [5.74, 6) is 0.436. The van der Waals surface area contributed by atoms with Gasteiger partial charge in [0.15, 0.2) is 5.78 Å². The van der Waals surface area contributed by atoms with Crippen LogP contribution >= 0.6 is 0 Å². The number of anilines is 1. The van der Waals surface area contributed by atoms with E-state index < -0.39 is 10.8 Å². The average Bonchev–Trinajstić information content (AvgIpc) is 3.04. The van der Waals surface area contributed by atoms with Gasteiger partial charge in [0.2, 0.25) is 0 Å². The van der Waals surface area contributed by atoms with Crippen molar-refractivity contribution in [2.75, 3.05) is 5.32 Å². The van der Waals surface area contributed by atoms with E-state index in [2.05, 4.69) is 50.6 Å². The molecule has 2 heterocycles. The standard InChI is InChI=1S/C24H26N4O3/c1-23(2,3)27-13-15(12-25)20-19(14-6-8-16(9-7-14)28(30)31)21-17(26-22(20)27)10-24(4,5)11-18(21)29/h6-9,13,19,26H,10-11H2,1-5H3/t19-/m0/s1. The largest absolute Gasteiger partial charge is 0.344 e. The zero-order valence-corrected chi connectivity index (χ0v) is 18.4. The summed E-state index contributed by atoms with van der Waals surface area (Å²) in [5.41, 5.74) is 3.14. The van der Waals surface area contributed by atoms with Crippen LogP contribution in [-0.4, -0.2) is 15.3 Å². The first-order chi connectivity index (χ1) is 14.4. The van der Waals surface area contributed by atoms with Crippen LogP contribution in [0, 0.1) is 26.9 Å². The van der Waals surface area contributed by atoms with Gasteiger partial charge in [-0.25, -0.2) is 0 Å². The second kappa shape index (κ2) is 6.81. The number of carbonyl (C=O) groups excluding carboxylic acids is 1. The molecule has 0 saturated heterocycles. The number of fused-ring (bicyclic) bond motifs is 1. The van der Waals surface area contributed by atoms with Crippen molar-refractivity contribution >= 4 is 17.3 Å². The number of hydrogen-bond donors (Lipinski definition) is 1. The van der Waals surface area contributed by atoms with Gasteiger partial charge in [-0.15, -0.1) is 0 Å². The summed E-state index contributed by atoms with van der Waals surface area (Å²) < 4.78 is 2.05. The van der Waals surface area contributed by atoms with E-state index in [0.717, 1.165) is 22.6 Å². The summed E-state index contributed by atoms with van der Waals surface area (Å²) in [4.78, 5) is 24.0. The molecule has 1 N–H and O–H groups in total. The number of carbonyl (C=O) groups is 1. The molecule has 0 saturated carbocycles. The highest BCUT2D eigenvalue weighted by atomic mass is 16.6. The molecule has 0 bridgehead atoms. The van der Waals surface area contributed by atoms with E-state index in [1.807, 2.05) is 6.20 Å². The van der Waals surface area contributed by atoms with Crippen molar-refractivity contribution in [1.29, 1.82) is 5.26 Å². The van der Waals surface area contributed by atoms with Crippen LogP contribution in [-0.2, 0) is 10.3 Å². The van der Waals surface area contributed by atoms with E-state index in [9.17, 15) is 20.2 Å². The summed E-state index contributed by atoms with van der Waals surface area (Å²) in [6.07, 6.45) is 2.98. The molecule has 0 amide bonds. The fourth-order valence-electron chi connectivity index (χ4n) is 4.75. The molecule has 1 aromatic heterocycles. The van der Waals surface area contributed by atoms with Crippen LogP contribution in [0.25, 0.3) is 0 Å². The number of benzene rings is 1. The lowest BCUT2D eigenvalue weighted by atomic mass is 9.69. The average molecular weight is 418 g/mol. The van der Waals surface area contributed by atoms with Gasteiger partial charge in [0.05, 0.1) is 10.5 Å². The van der Waals surface area contributed by atoms with Crippen LogP contribution in [0.3, 0.4) is 0 Å². The van der Waals surface area contributed by atoms with Crippen LogP contribution in [0.1, 0.15) is 70.1 Å². The number of rotatable bonds is 2. The second-order valence-electron chi connectivity index (χ2n) is 10.2. The molecule has 0 radical (unpaired) electrons. The predicted molar refractivity (Wildman–Crippen MR) is 118 cm³/mol. The zero-order chi connectivity index (χ0) is 22.7. The number of ketones is 1. The van der Waals surface area contributed by atoms with Crippen LogP contribution < -0.4 is 5.32 Å². The lowest BCUT2D eigenvalue weighted by molar-refractivity contribution is -0.384. The Bertz CT molecular complexity index is 1170. The first-order valence-corrected chi connectivity index (χ1v) is 10.4. The first kappa shape index (κ1) is 20.9. The van der Waals surface area contributed by atoms with Gasteiger partial charge in [0, 0.05) is 53.0 Å². The fraction of sp³-hybridized carbons (Fsp3) is 0.417. The van der Waals surface area contributed by atoms with Crippen LogP contribution in [0.15, 0.2) is 41.7 Å². The smallest absolute Gasteiger partial charge is 0.269 e. The molecule has 1 aliphatic heterocycles. The van der Waals surface area contributed by atoms with E-state index in [4.69, 9.17) is 0 Å². The van der Waals surface area contributed by atoms with Gasteiger partial charge in [0.1, 0.15) is 11.9 Å². The highest BCUT2D eigenvalue weighted by Crippen LogP contribution is 2.51. The summed E-state index contributed by atoms with van der Waals surface area (Å²) in [6.45, 7) is 10.4. The van der Waals surface area contributed by atoms with Gasteiger partial charge in [-0.2, -0.15) is 5.26 Å². The van der Waals surface area contributed by atoms with Crippen LogP contribution in [0.4, 0.5) is 11.5 Å². The Balaban J connectivity index is 2.00. The number of hydrogen-bond acceptors (Lipinski definition) is 5. The van der Waals surface area contributed by atoms with Crippen molar-refractivity contribution in [3.63, 3.8) is 0 Å². The normalized spacial score (nSPS) is 19.9. The molecule has 0 fully saturated rings. The third kappa shape index (κ3) is 3.42. The number of nitro groups is 1. The Morgan fingerprint density at radius 1 is 1.23 bits per heavy atom. The maximum Gasteiger partial charge on any atom is 0.269 e. The predicted octanol–water partition coefficient (Wildman–Crippen LogP) is 5.22. The number of nitrogens with one attached hydrogen (secondary N) is 1. The third-order valence-electron chi connectivity index (χ3n) is 6.09. The first-order valence-electron chi connectivity index (χ1n) is 10.4. The van der Waals surface area contributed by atoms with E-state index >= 15 is 0 Å².